The first kappa shape index (κ1) is 36.1. The normalized spacial score (nSPS) is 11.6. The fourth-order valence-electron chi connectivity index (χ4n) is 7.64. The molecule has 0 radical (unpaired) electrons. The van der Waals surface area contributed by atoms with Gasteiger partial charge in [-0.2, -0.15) is 0 Å². The molecule has 10 rings (SSSR count). The second-order valence-corrected chi connectivity index (χ2v) is 14.5. The van der Waals surface area contributed by atoms with Crippen molar-refractivity contribution in [3.63, 3.8) is 0 Å². The van der Waals surface area contributed by atoms with Gasteiger partial charge in [0.2, 0.25) is 0 Å². The zero-order valence-electron chi connectivity index (χ0n) is 32.6. The van der Waals surface area contributed by atoms with Crippen LogP contribution in [-0.4, -0.2) is 0 Å². The minimum Gasteiger partial charge on any atom is -0.306 e. The molecular weight excluding hydrogens is 677 g/mol. The number of allylic oxidation sites excluding steroid dienone is 1. The summed E-state index contributed by atoms with van der Waals surface area (Å²) in [4.78, 5) is 4.91. The summed E-state index contributed by atoms with van der Waals surface area (Å²) in [5.41, 5.74) is 20.9. The highest BCUT2D eigenvalue weighted by Gasteiger charge is 2.36. The second kappa shape index (κ2) is 15.8. The predicted molar refractivity (Wildman–Crippen MR) is 241 cm³/mol. The maximum Gasteiger partial charge on any atom is 0.0782 e. The van der Waals surface area contributed by atoms with Crippen molar-refractivity contribution in [2.45, 2.75) is 27.7 Å². The van der Waals surface area contributed by atoms with Gasteiger partial charge in [0.25, 0.3) is 0 Å². The molecule has 0 bridgehead atoms. The third-order valence-electron chi connectivity index (χ3n) is 10.6. The highest BCUT2D eigenvalue weighted by Crippen LogP contribution is 2.60. The summed E-state index contributed by atoms with van der Waals surface area (Å²) in [7, 11) is 0. The molecule has 2 heterocycles. The molecule has 0 aromatic heterocycles. The molecule has 272 valence electrons. The first-order valence-electron chi connectivity index (χ1n) is 19.3. The first-order valence-corrected chi connectivity index (χ1v) is 19.3. The van der Waals surface area contributed by atoms with Crippen LogP contribution in [0.3, 0.4) is 0 Å². The number of benzene rings is 8. The molecule has 2 aliphatic heterocycles. The zero-order valence-corrected chi connectivity index (χ0v) is 32.6. The highest BCUT2D eigenvalue weighted by molar-refractivity contribution is 6.12. The minimum atomic E-state index is 1.12. The number of nitrogens with zero attached hydrogens (tertiary/aromatic N) is 2. The van der Waals surface area contributed by atoms with Gasteiger partial charge in [-0.1, -0.05) is 169 Å². The molecule has 0 saturated heterocycles. The van der Waals surface area contributed by atoms with Crippen molar-refractivity contribution >= 4 is 39.7 Å². The van der Waals surface area contributed by atoms with Crippen molar-refractivity contribution in [2.24, 2.45) is 0 Å². The van der Waals surface area contributed by atoms with E-state index in [1.807, 2.05) is 25.1 Å². The van der Waals surface area contributed by atoms with E-state index in [0.29, 0.717) is 0 Å². The lowest BCUT2D eigenvalue weighted by atomic mass is 9.93. The van der Waals surface area contributed by atoms with Gasteiger partial charge in [-0.15, -0.1) is 0 Å². The number of para-hydroxylation sites is 3. The lowest BCUT2D eigenvalue weighted by Crippen LogP contribution is -2.24. The van der Waals surface area contributed by atoms with Crippen LogP contribution in [0, 0.1) is 20.8 Å². The van der Waals surface area contributed by atoms with E-state index >= 15 is 0 Å². The summed E-state index contributed by atoms with van der Waals surface area (Å²) in [6.45, 7) is 12.3. The number of rotatable bonds is 3. The van der Waals surface area contributed by atoms with Crippen LogP contribution in [0.25, 0.3) is 39.0 Å². The fraction of sp³-hybridized carbons (Fsp3) is 0.0741. The van der Waals surface area contributed by atoms with Crippen molar-refractivity contribution in [2.75, 3.05) is 9.80 Å². The Morgan fingerprint density at radius 3 is 1.55 bits per heavy atom. The van der Waals surface area contributed by atoms with E-state index in [2.05, 4.69) is 213 Å². The first-order chi connectivity index (χ1) is 27.4. The number of aryl methyl sites for hydroxylation is 3. The van der Waals surface area contributed by atoms with Crippen LogP contribution < -0.4 is 9.80 Å². The summed E-state index contributed by atoms with van der Waals surface area (Å²) in [6.07, 6.45) is 0. The van der Waals surface area contributed by atoms with E-state index in [1.54, 1.807) is 0 Å². The summed E-state index contributed by atoms with van der Waals surface area (Å²) in [6, 6.07) is 69.2. The lowest BCUT2D eigenvalue weighted by molar-refractivity contribution is 1.17. The Balaban J connectivity index is 0.000000214. The third kappa shape index (κ3) is 7.06. The quantitative estimate of drug-likeness (QED) is 0.179. The molecule has 0 saturated carbocycles. The Hall–Kier alpha value is -6.90. The monoisotopic (exact) mass is 722 g/mol. The van der Waals surface area contributed by atoms with Gasteiger partial charge in [-0.05, 0) is 109 Å². The SMILES string of the molecule is C=C(C)c1ccccc1.Cc1ccc2c(c1)-c1ccccc1-c1cccc3c1N2c1ccccc1N3c1cccc(-c2ccccc2)c1.Cc1ccccc1C. The van der Waals surface area contributed by atoms with Crippen molar-refractivity contribution in [1.29, 1.82) is 0 Å². The third-order valence-corrected chi connectivity index (χ3v) is 10.6. The van der Waals surface area contributed by atoms with Gasteiger partial charge in [-0.25, -0.2) is 0 Å². The van der Waals surface area contributed by atoms with Gasteiger partial charge in [-0.3, -0.25) is 0 Å². The molecule has 0 fully saturated rings. The Morgan fingerprint density at radius 2 is 0.911 bits per heavy atom. The van der Waals surface area contributed by atoms with Crippen LogP contribution in [-0.2, 0) is 0 Å². The van der Waals surface area contributed by atoms with Gasteiger partial charge in [0, 0.05) is 16.8 Å². The van der Waals surface area contributed by atoms with Crippen LogP contribution in [0.2, 0.25) is 0 Å². The number of hydrogen-bond acceptors (Lipinski definition) is 2. The van der Waals surface area contributed by atoms with Crippen molar-refractivity contribution in [3.8, 4) is 33.4 Å². The summed E-state index contributed by atoms with van der Waals surface area (Å²) < 4.78 is 0. The average molecular weight is 723 g/mol. The molecule has 2 heteroatoms. The molecule has 0 unspecified atom stereocenters. The van der Waals surface area contributed by atoms with Gasteiger partial charge < -0.3 is 9.80 Å². The van der Waals surface area contributed by atoms with Gasteiger partial charge in [0.15, 0.2) is 0 Å². The Morgan fingerprint density at radius 1 is 0.393 bits per heavy atom. The second-order valence-electron chi connectivity index (χ2n) is 14.5. The highest BCUT2D eigenvalue weighted by atomic mass is 15.3. The van der Waals surface area contributed by atoms with Gasteiger partial charge in [0.05, 0.1) is 28.4 Å². The maximum atomic E-state index is 3.83. The predicted octanol–water partition coefficient (Wildman–Crippen LogP) is 15.6. The fourth-order valence-corrected chi connectivity index (χ4v) is 7.64. The standard InChI is InChI=1S/C37H26N2.C9H10.C8H10/c1-25-21-22-33-32(23-25)30-16-6-5-15-29(30)31-17-10-20-36-37(31)39(33)35-19-8-7-18-34(35)38(36)28-14-9-13-27(24-28)26-11-3-2-4-12-26;1-8(2)9-6-4-3-5-7-9;1-7-5-3-4-6-8(7)2/h2-24H,1H3;3-7H,1H2,2H3;3-6H,1-2H3. The summed E-state index contributed by atoms with van der Waals surface area (Å²) in [5.74, 6) is 0. The summed E-state index contributed by atoms with van der Waals surface area (Å²) >= 11 is 0. The molecule has 2 aliphatic rings. The zero-order chi connectivity index (χ0) is 38.6. The van der Waals surface area contributed by atoms with Crippen molar-refractivity contribution in [1.82, 2.24) is 0 Å². The van der Waals surface area contributed by atoms with Gasteiger partial charge in [0.1, 0.15) is 0 Å². The van der Waals surface area contributed by atoms with Crippen LogP contribution in [0.5, 0.6) is 0 Å². The van der Waals surface area contributed by atoms with E-state index in [0.717, 1.165) is 11.3 Å². The largest absolute Gasteiger partial charge is 0.306 e. The molecule has 0 atom stereocenters. The molecular formula is C54H46N2. The number of hydrogen-bond donors (Lipinski definition) is 0. The average Bonchev–Trinajstić information content (AvgIpc) is 3.36. The lowest BCUT2D eigenvalue weighted by Gasteiger charge is -2.41. The smallest absolute Gasteiger partial charge is 0.0782 e. The molecule has 2 nitrogen and oxygen atoms in total. The summed E-state index contributed by atoms with van der Waals surface area (Å²) in [5, 5.41) is 0. The van der Waals surface area contributed by atoms with Crippen molar-refractivity contribution < 1.29 is 0 Å². The molecule has 0 spiro atoms. The Kier molecular flexibility index (Phi) is 10.2. The van der Waals surface area contributed by atoms with E-state index < -0.39 is 0 Å². The molecule has 8 aromatic rings. The Labute approximate surface area is 332 Å². The molecule has 0 N–H and O–H groups in total. The number of anilines is 6. The van der Waals surface area contributed by atoms with Crippen LogP contribution in [0.1, 0.15) is 29.2 Å². The van der Waals surface area contributed by atoms with Crippen LogP contribution >= 0.6 is 0 Å². The van der Waals surface area contributed by atoms with Crippen LogP contribution in [0.15, 0.2) is 201 Å². The topological polar surface area (TPSA) is 6.48 Å². The molecule has 8 aromatic carbocycles. The van der Waals surface area contributed by atoms with Crippen LogP contribution in [0.4, 0.5) is 34.1 Å². The maximum absolute atomic E-state index is 3.83. The Bertz CT molecular complexity index is 2630. The van der Waals surface area contributed by atoms with E-state index in [-0.39, 0.29) is 0 Å². The molecule has 56 heavy (non-hydrogen) atoms. The van der Waals surface area contributed by atoms with E-state index in [1.165, 1.54) is 84.1 Å². The van der Waals surface area contributed by atoms with E-state index in [4.69, 9.17) is 0 Å². The molecule has 0 amide bonds. The van der Waals surface area contributed by atoms with Gasteiger partial charge >= 0.3 is 0 Å². The number of fused-ring (bicyclic) bond motifs is 7. The molecule has 0 aliphatic carbocycles. The van der Waals surface area contributed by atoms with Crippen molar-refractivity contribution in [3.05, 3.63) is 223 Å². The van der Waals surface area contributed by atoms with E-state index in [9.17, 15) is 0 Å². The minimum absolute atomic E-state index is 1.12.